The highest BCUT2D eigenvalue weighted by Gasteiger charge is 2.26. The minimum Gasteiger partial charge on any atom is -0.508 e. The zero-order chi connectivity index (χ0) is 18.1. The predicted octanol–water partition coefficient (Wildman–Crippen LogP) is 3.36. The number of phenols is 1. The highest BCUT2D eigenvalue weighted by atomic mass is 16.3. The molecule has 0 radical (unpaired) electrons. The number of fused-ring (bicyclic) bond motifs is 1. The highest BCUT2D eigenvalue weighted by molar-refractivity contribution is 5.94. The van der Waals surface area contributed by atoms with Gasteiger partial charge in [-0.15, -0.1) is 0 Å². The molecule has 0 spiro atoms. The van der Waals surface area contributed by atoms with Crippen molar-refractivity contribution in [3.63, 3.8) is 0 Å². The quantitative estimate of drug-likeness (QED) is 0.773. The summed E-state index contributed by atoms with van der Waals surface area (Å²) >= 11 is 0. The molecule has 2 heterocycles. The van der Waals surface area contributed by atoms with Gasteiger partial charge in [0.05, 0.1) is 11.4 Å². The summed E-state index contributed by atoms with van der Waals surface area (Å²) in [5.41, 5.74) is 4.42. The van der Waals surface area contributed by atoms with Crippen molar-refractivity contribution < 1.29 is 9.90 Å². The Hall–Kier alpha value is -3.21. The summed E-state index contributed by atoms with van der Waals surface area (Å²) in [6.45, 7) is 3.01. The lowest BCUT2D eigenvalue weighted by Crippen LogP contribution is -2.37. The van der Waals surface area contributed by atoms with Crippen LogP contribution in [0.3, 0.4) is 0 Å². The van der Waals surface area contributed by atoms with E-state index in [1.807, 2.05) is 54.3 Å². The average molecular weight is 345 g/mol. The lowest BCUT2D eigenvalue weighted by atomic mass is 9.98. The number of nitrogens with zero attached hydrogens (tertiary/aromatic N) is 3. The molecular formula is C21H19N3O2. The Labute approximate surface area is 152 Å². The maximum absolute atomic E-state index is 12.8. The summed E-state index contributed by atoms with van der Waals surface area (Å²) in [5.74, 6) is 0.956. The number of aryl methyl sites for hydroxylation is 1. The number of carbonyl (C=O) groups is 1. The van der Waals surface area contributed by atoms with E-state index in [4.69, 9.17) is 0 Å². The summed E-state index contributed by atoms with van der Waals surface area (Å²) in [6.07, 6.45) is 0.711. The summed E-state index contributed by atoms with van der Waals surface area (Å²) in [4.78, 5) is 23.9. The van der Waals surface area contributed by atoms with Gasteiger partial charge >= 0.3 is 0 Å². The van der Waals surface area contributed by atoms with Gasteiger partial charge in [0.1, 0.15) is 11.6 Å². The van der Waals surface area contributed by atoms with Crippen LogP contribution in [0, 0.1) is 6.92 Å². The van der Waals surface area contributed by atoms with Crippen LogP contribution < -0.4 is 0 Å². The predicted molar refractivity (Wildman–Crippen MR) is 98.8 cm³/mol. The van der Waals surface area contributed by atoms with E-state index in [9.17, 15) is 9.90 Å². The number of hydrogen-bond donors (Lipinski definition) is 1. The fraction of sp³-hybridized carbons (Fsp3) is 0.190. The molecule has 130 valence electrons. The third kappa shape index (κ3) is 3.04. The van der Waals surface area contributed by atoms with Crippen molar-refractivity contribution in [2.45, 2.75) is 19.9 Å². The number of hydrogen-bond acceptors (Lipinski definition) is 4. The molecule has 0 saturated heterocycles. The van der Waals surface area contributed by atoms with Crippen LogP contribution in [-0.2, 0) is 13.0 Å². The molecule has 1 aromatic heterocycles. The van der Waals surface area contributed by atoms with Gasteiger partial charge in [-0.05, 0) is 43.3 Å². The van der Waals surface area contributed by atoms with E-state index in [-0.39, 0.29) is 11.7 Å². The minimum absolute atomic E-state index is 0.0217. The fourth-order valence-corrected chi connectivity index (χ4v) is 3.33. The van der Waals surface area contributed by atoms with Gasteiger partial charge in [0, 0.05) is 36.2 Å². The fourth-order valence-electron chi connectivity index (χ4n) is 3.33. The number of rotatable bonds is 2. The largest absolute Gasteiger partial charge is 0.508 e. The summed E-state index contributed by atoms with van der Waals surface area (Å²) in [5, 5.41) is 9.55. The lowest BCUT2D eigenvalue weighted by molar-refractivity contribution is 0.0733. The van der Waals surface area contributed by atoms with Crippen LogP contribution in [0.5, 0.6) is 5.75 Å². The van der Waals surface area contributed by atoms with Gasteiger partial charge in [-0.3, -0.25) is 4.79 Å². The van der Waals surface area contributed by atoms with Crippen LogP contribution in [0.15, 0.2) is 54.6 Å². The van der Waals surface area contributed by atoms with Crippen LogP contribution >= 0.6 is 0 Å². The molecule has 0 fully saturated rings. The van der Waals surface area contributed by atoms with Gasteiger partial charge in [0.15, 0.2) is 0 Å². The van der Waals surface area contributed by atoms with Crippen LogP contribution in [-0.4, -0.2) is 32.4 Å². The maximum Gasteiger partial charge on any atom is 0.254 e. The number of aromatic hydroxyl groups is 1. The van der Waals surface area contributed by atoms with Crippen molar-refractivity contribution in [2.24, 2.45) is 0 Å². The van der Waals surface area contributed by atoms with Gasteiger partial charge in [0.2, 0.25) is 0 Å². The second-order valence-corrected chi connectivity index (χ2v) is 6.43. The maximum atomic E-state index is 12.8. The molecule has 2 aromatic carbocycles. The van der Waals surface area contributed by atoms with E-state index >= 15 is 0 Å². The summed E-state index contributed by atoms with van der Waals surface area (Å²) in [6, 6.07) is 16.3. The van der Waals surface area contributed by atoms with Gasteiger partial charge in [-0.1, -0.05) is 18.2 Å². The van der Waals surface area contributed by atoms with E-state index in [0.29, 0.717) is 25.1 Å². The Bertz CT molecular complexity index is 953. The molecular weight excluding hydrogens is 326 g/mol. The van der Waals surface area contributed by atoms with Gasteiger partial charge in [-0.25, -0.2) is 9.97 Å². The Morgan fingerprint density at radius 3 is 2.50 bits per heavy atom. The monoisotopic (exact) mass is 345 g/mol. The first-order valence-corrected chi connectivity index (χ1v) is 8.62. The Morgan fingerprint density at radius 2 is 1.77 bits per heavy atom. The van der Waals surface area contributed by atoms with Crippen molar-refractivity contribution in [1.82, 2.24) is 14.9 Å². The molecule has 0 aliphatic carbocycles. The Balaban J connectivity index is 1.72. The smallest absolute Gasteiger partial charge is 0.254 e. The molecule has 0 unspecified atom stereocenters. The van der Waals surface area contributed by atoms with E-state index in [1.54, 1.807) is 12.1 Å². The van der Waals surface area contributed by atoms with Crippen molar-refractivity contribution in [1.29, 1.82) is 0 Å². The topological polar surface area (TPSA) is 66.3 Å². The van der Waals surface area contributed by atoms with Crippen molar-refractivity contribution in [3.05, 3.63) is 77.2 Å². The molecule has 3 aromatic rings. The number of carbonyl (C=O) groups excluding carboxylic acids is 1. The van der Waals surface area contributed by atoms with Gasteiger partial charge < -0.3 is 10.0 Å². The SMILES string of the molecule is Cc1nc2c(c(-c3ccc(O)cc3)n1)CN(C(=O)c1ccccc1)CC2. The molecule has 1 N–H and O–H groups in total. The van der Waals surface area contributed by atoms with E-state index in [0.717, 1.165) is 28.3 Å². The van der Waals surface area contributed by atoms with Crippen LogP contribution in [0.25, 0.3) is 11.3 Å². The van der Waals surface area contributed by atoms with Crippen LogP contribution in [0.1, 0.15) is 27.4 Å². The molecule has 0 bridgehead atoms. The normalized spacial score (nSPS) is 13.3. The average Bonchev–Trinajstić information content (AvgIpc) is 2.68. The van der Waals surface area contributed by atoms with Crippen LogP contribution in [0.4, 0.5) is 0 Å². The number of benzene rings is 2. The zero-order valence-corrected chi connectivity index (χ0v) is 14.5. The lowest BCUT2D eigenvalue weighted by Gasteiger charge is -2.29. The standard InChI is InChI=1S/C21H19N3O2/c1-14-22-19-11-12-24(21(26)16-5-3-2-4-6-16)13-18(19)20(23-14)15-7-9-17(25)10-8-15/h2-10,25H,11-13H2,1H3. The second-order valence-electron chi connectivity index (χ2n) is 6.43. The molecule has 0 atom stereocenters. The Kier molecular flexibility index (Phi) is 4.13. The van der Waals surface area contributed by atoms with Crippen molar-refractivity contribution in [2.75, 3.05) is 6.54 Å². The molecule has 5 heteroatoms. The second kappa shape index (κ2) is 6.59. The third-order valence-corrected chi connectivity index (χ3v) is 4.62. The molecule has 5 nitrogen and oxygen atoms in total. The van der Waals surface area contributed by atoms with Crippen LogP contribution in [0.2, 0.25) is 0 Å². The minimum atomic E-state index is 0.0217. The van der Waals surface area contributed by atoms with Gasteiger partial charge in [0.25, 0.3) is 5.91 Å². The summed E-state index contributed by atoms with van der Waals surface area (Å²) in [7, 11) is 0. The van der Waals surface area contributed by atoms with E-state index < -0.39 is 0 Å². The third-order valence-electron chi connectivity index (χ3n) is 4.62. The molecule has 26 heavy (non-hydrogen) atoms. The number of amides is 1. The molecule has 4 rings (SSSR count). The van der Waals surface area contributed by atoms with Gasteiger partial charge in [-0.2, -0.15) is 0 Å². The first-order valence-electron chi connectivity index (χ1n) is 8.62. The molecule has 1 aliphatic rings. The highest BCUT2D eigenvalue weighted by Crippen LogP contribution is 2.29. The van der Waals surface area contributed by atoms with Crippen molar-refractivity contribution >= 4 is 5.91 Å². The number of phenolic OH excluding ortho intramolecular Hbond substituents is 1. The van der Waals surface area contributed by atoms with E-state index in [2.05, 4.69) is 9.97 Å². The summed E-state index contributed by atoms with van der Waals surface area (Å²) < 4.78 is 0. The Morgan fingerprint density at radius 1 is 1.04 bits per heavy atom. The molecule has 0 saturated carbocycles. The molecule has 1 amide bonds. The number of aromatic nitrogens is 2. The first-order chi connectivity index (χ1) is 12.6. The van der Waals surface area contributed by atoms with Crippen molar-refractivity contribution in [3.8, 4) is 17.0 Å². The zero-order valence-electron chi connectivity index (χ0n) is 14.5. The molecule has 1 aliphatic heterocycles. The first kappa shape index (κ1) is 16.3. The van der Waals surface area contributed by atoms with E-state index in [1.165, 1.54) is 0 Å².